The fraction of sp³-hybridized carbons (Fsp3) is 0.125. The maximum atomic E-state index is 12.8. The number of aromatic nitrogens is 6. The zero-order chi connectivity index (χ0) is 23.1. The average Bonchev–Trinajstić information content (AvgIpc) is 3.40. The Labute approximate surface area is 188 Å². The van der Waals surface area contributed by atoms with Gasteiger partial charge in [-0.2, -0.15) is 19.9 Å². The molecule has 5 aromatic rings. The van der Waals surface area contributed by atoms with E-state index in [1.165, 1.54) is 10.9 Å². The Hall–Kier alpha value is -4.53. The fourth-order valence-electron chi connectivity index (χ4n) is 3.58. The lowest BCUT2D eigenvalue weighted by Gasteiger charge is -2.09. The number of aromatic amines is 1. The zero-order valence-electron chi connectivity index (χ0n) is 18.3. The molecule has 0 fully saturated rings. The lowest BCUT2D eigenvalue weighted by atomic mass is 10.1. The molecular weight excluding hydrogens is 418 g/mol. The van der Waals surface area contributed by atoms with Crippen LogP contribution < -0.4 is 10.9 Å². The molecule has 0 aliphatic heterocycles. The smallest absolute Gasteiger partial charge is 0.263 e. The van der Waals surface area contributed by atoms with E-state index in [0.717, 1.165) is 16.8 Å². The van der Waals surface area contributed by atoms with Crippen molar-refractivity contribution in [2.45, 2.75) is 20.8 Å². The maximum absolute atomic E-state index is 12.8. The Balaban J connectivity index is 1.60. The predicted octanol–water partition coefficient (Wildman–Crippen LogP) is 3.47. The summed E-state index contributed by atoms with van der Waals surface area (Å²) in [6.07, 6.45) is 1.49. The van der Waals surface area contributed by atoms with Crippen molar-refractivity contribution in [2.24, 2.45) is 0 Å². The SMILES string of the molecule is Cc1cc(NC(=O)c2ccccc2)n(-c2nc3c(cnn3-c3ccc(C)c(C)c3)c(=O)[nH]2)n1. The van der Waals surface area contributed by atoms with Gasteiger partial charge in [0.2, 0.25) is 5.95 Å². The molecule has 9 heteroatoms. The molecule has 3 aromatic heterocycles. The number of aryl methyl sites for hydroxylation is 3. The predicted molar refractivity (Wildman–Crippen MR) is 125 cm³/mol. The molecule has 0 unspecified atom stereocenters. The van der Waals surface area contributed by atoms with Crippen LogP contribution >= 0.6 is 0 Å². The number of amides is 1. The monoisotopic (exact) mass is 439 g/mol. The van der Waals surface area contributed by atoms with E-state index >= 15 is 0 Å². The summed E-state index contributed by atoms with van der Waals surface area (Å²) in [6, 6.07) is 16.5. The number of hydrogen-bond acceptors (Lipinski definition) is 5. The van der Waals surface area contributed by atoms with E-state index in [1.807, 2.05) is 38.1 Å². The van der Waals surface area contributed by atoms with Crippen molar-refractivity contribution in [2.75, 3.05) is 5.32 Å². The van der Waals surface area contributed by atoms with Crippen LogP contribution in [0.4, 0.5) is 5.82 Å². The van der Waals surface area contributed by atoms with E-state index in [4.69, 9.17) is 0 Å². The van der Waals surface area contributed by atoms with Gasteiger partial charge in [0.15, 0.2) is 5.65 Å². The van der Waals surface area contributed by atoms with Crippen molar-refractivity contribution >= 4 is 22.8 Å². The number of H-pyrrole nitrogens is 1. The number of anilines is 1. The second-order valence-corrected chi connectivity index (χ2v) is 7.85. The van der Waals surface area contributed by atoms with E-state index in [9.17, 15) is 9.59 Å². The molecule has 0 saturated carbocycles. The number of carbonyl (C=O) groups excluding carboxylic acids is 1. The molecule has 2 aromatic carbocycles. The van der Waals surface area contributed by atoms with Crippen molar-refractivity contribution in [3.8, 4) is 11.6 Å². The van der Waals surface area contributed by atoms with Crippen LogP contribution in [0.1, 0.15) is 27.2 Å². The molecule has 33 heavy (non-hydrogen) atoms. The molecule has 5 rings (SSSR count). The quantitative estimate of drug-likeness (QED) is 0.446. The molecular formula is C24H21N7O2. The zero-order valence-corrected chi connectivity index (χ0v) is 18.3. The van der Waals surface area contributed by atoms with Gasteiger partial charge in [-0.1, -0.05) is 24.3 Å². The molecule has 0 saturated heterocycles. The van der Waals surface area contributed by atoms with Gasteiger partial charge in [-0.3, -0.25) is 14.6 Å². The molecule has 0 bridgehead atoms. The van der Waals surface area contributed by atoms with Crippen LogP contribution in [0.15, 0.2) is 65.6 Å². The highest BCUT2D eigenvalue weighted by atomic mass is 16.2. The average molecular weight is 439 g/mol. The van der Waals surface area contributed by atoms with Gasteiger partial charge in [-0.25, -0.2) is 4.68 Å². The van der Waals surface area contributed by atoms with E-state index in [-0.39, 0.29) is 17.4 Å². The van der Waals surface area contributed by atoms with E-state index in [0.29, 0.717) is 28.1 Å². The Kier molecular flexibility index (Phi) is 4.86. The summed E-state index contributed by atoms with van der Waals surface area (Å²) in [5.74, 6) is 0.274. The van der Waals surface area contributed by atoms with Crippen LogP contribution in [-0.4, -0.2) is 35.4 Å². The summed E-state index contributed by atoms with van der Waals surface area (Å²) < 4.78 is 3.04. The van der Waals surface area contributed by atoms with Gasteiger partial charge in [0.05, 0.1) is 17.6 Å². The highest BCUT2D eigenvalue weighted by Crippen LogP contribution is 2.20. The van der Waals surface area contributed by atoms with E-state index < -0.39 is 0 Å². The minimum atomic E-state index is -0.349. The maximum Gasteiger partial charge on any atom is 0.263 e. The molecule has 0 spiro atoms. The molecule has 0 aliphatic carbocycles. The summed E-state index contributed by atoms with van der Waals surface area (Å²) in [7, 11) is 0. The van der Waals surface area contributed by atoms with Crippen molar-refractivity contribution in [3.63, 3.8) is 0 Å². The van der Waals surface area contributed by atoms with Gasteiger partial charge >= 0.3 is 0 Å². The minimum absolute atomic E-state index is 0.176. The number of rotatable bonds is 4. The summed E-state index contributed by atoms with van der Waals surface area (Å²) in [4.78, 5) is 32.9. The van der Waals surface area contributed by atoms with Gasteiger partial charge in [-0.05, 0) is 56.2 Å². The van der Waals surface area contributed by atoms with Gasteiger partial charge in [0, 0.05) is 11.6 Å². The van der Waals surface area contributed by atoms with Gasteiger partial charge < -0.3 is 5.32 Å². The van der Waals surface area contributed by atoms with Gasteiger partial charge in [-0.15, -0.1) is 0 Å². The molecule has 164 valence electrons. The number of fused-ring (bicyclic) bond motifs is 1. The van der Waals surface area contributed by atoms with E-state index in [1.54, 1.807) is 41.9 Å². The molecule has 0 radical (unpaired) electrons. The van der Waals surface area contributed by atoms with Crippen LogP contribution in [-0.2, 0) is 0 Å². The number of nitrogens with zero attached hydrogens (tertiary/aromatic N) is 5. The summed E-state index contributed by atoms with van der Waals surface area (Å²) in [6.45, 7) is 5.85. The first-order chi connectivity index (χ1) is 15.9. The minimum Gasteiger partial charge on any atom is -0.306 e. The van der Waals surface area contributed by atoms with Crippen molar-refractivity contribution in [1.82, 2.24) is 29.5 Å². The number of benzene rings is 2. The van der Waals surface area contributed by atoms with Crippen LogP contribution in [0, 0.1) is 20.8 Å². The largest absolute Gasteiger partial charge is 0.306 e. The Bertz CT molecular complexity index is 1560. The van der Waals surface area contributed by atoms with Crippen LogP contribution in [0.25, 0.3) is 22.7 Å². The molecule has 0 atom stereocenters. The second kappa shape index (κ2) is 7.86. The summed E-state index contributed by atoms with van der Waals surface area (Å²) in [5.41, 5.74) is 4.27. The molecule has 1 amide bonds. The van der Waals surface area contributed by atoms with Gasteiger partial charge in [0.1, 0.15) is 11.2 Å². The third-order valence-corrected chi connectivity index (χ3v) is 5.47. The third-order valence-electron chi connectivity index (χ3n) is 5.47. The number of hydrogen-bond donors (Lipinski definition) is 2. The first-order valence-corrected chi connectivity index (χ1v) is 10.4. The van der Waals surface area contributed by atoms with Gasteiger partial charge in [0.25, 0.3) is 11.5 Å². The van der Waals surface area contributed by atoms with Crippen LogP contribution in [0.3, 0.4) is 0 Å². The molecule has 0 aliphatic rings. The van der Waals surface area contributed by atoms with E-state index in [2.05, 4.69) is 25.5 Å². The van der Waals surface area contributed by atoms with Crippen molar-refractivity contribution in [1.29, 1.82) is 0 Å². The highest BCUT2D eigenvalue weighted by molar-refractivity contribution is 6.03. The topological polar surface area (TPSA) is 110 Å². The first kappa shape index (κ1) is 20.4. The Morgan fingerprint density at radius 2 is 1.76 bits per heavy atom. The Morgan fingerprint density at radius 3 is 2.52 bits per heavy atom. The van der Waals surface area contributed by atoms with Crippen LogP contribution in [0.2, 0.25) is 0 Å². The first-order valence-electron chi connectivity index (χ1n) is 10.4. The Morgan fingerprint density at radius 1 is 0.970 bits per heavy atom. The summed E-state index contributed by atoms with van der Waals surface area (Å²) in [5, 5.41) is 12.0. The molecule has 2 N–H and O–H groups in total. The number of nitrogens with one attached hydrogen (secondary N) is 2. The number of carbonyl (C=O) groups is 1. The van der Waals surface area contributed by atoms with Crippen molar-refractivity contribution in [3.05, 3.63) is 93.5 Å². The molecule has 3 heterocycles. The standard InChI is InChI=1S/C24H21N7O2/c1-14-9-10-18(11-15(14)2)30-21-19(13-25-30)23(33)28-24(27-21)31-20(12-16(3)29-31)26-22(32)17-7-5-4-6-8-17/h4-13H,1-3H3,(H,26,32)(H,27,28,33). The molecule has 9 nitrogen and oxygen atoms in total. The third kappa shape index (κ3) is 3.69. The fourth-order valence-corrected chi connectivity index (χ4v) is 3.58. The summed E-state index contributed by atoms with van der Waals surface area (Å²) >= 11 is 0. The van der Waals surface area contributed by atoms with Crippen LogP contribution in [0.5, 0.6) is 0 Å². The lowest BCUT2D eigenvalue weighted by Crippen LogP contribution is -2.19. The normalized spacial score (nSPS) is 11.1. The second-order valence-electron chi connectivity index (χ2n) is 7.85. The highest BCUT2D eigenvalue weighted by Gasteiger charge is 2.17. The lowest BCUT2D eigenvalue weighted by molar-refractivity contribution is 0.102. The van der Waals surface area contributed by atoms with Crippen molar-refractivity contribution < 1.29 is 4.79 Å².